The van der Waals surface area contributed by atoms with E-state index in [9.17, 15) is 9.59 Å². The lowest BCUT2D eigenvalue weighted by Gasteiger charge is -2.07. The Morgan fingerprint density at radius 2 is 2.00 bits per heavy atom. The molecule has 2 aromatic rings. The summed E-state index contributed by atoms with van der Waals surface area (Å²) in [6.45, 7) is 1.99. The van der Waals surface area contributed by atoms with Crippen molar-refractivity contribution in [1.29, 1.82) is 0 Å². The molecule has 2 aromatic carbocycles. The molecule has 150 valence electrons. The summed E-state index contributed by atoms with van der Waals surface area (Å²) in [4.78, 5) is 23.9. The van der Waals surface area contributed by atoms with Crippen molar-refractivity contribution in [2.24, 2.45) is 5.10 Å². The number of carbonyl (C=O) groups excluding carboxylic acids is 2. The van der Waals surface area contributed by atoms with E-state index in [0.717, 1.165) is 10.0 Å². The van der Waals surface area contributed by atoms with E-state index in [4.69, 9.17) is 22.8 Å². The van der Waals surface area contributed by atoms with E-state index >= 15 is 0 Å². The van der Waals surface area contributed by atoms with Crippen LogP contribution in [0.15, 0.2) is 46.0 Å². The molecule has 8 heteroatoms. The molecule has 0 fully saturated rings. The lowest BCUT2D eigenvalue weighted by atomic mass is 10.2. The van der Waals surface area contributed by atoms with Gasteiger partial charge in [-0.1, -0.05) is 39.5 Å². The highest BCUT2D eigenvalue weighted by molar-refractivity contribution is 9.10. The lowest BCUT2D eigenvalue weighted by Crippen LogP contribution is -2.20. The molecular weight excluding hydrogens is 458 g/mol. The zero-order valence-corrected chi connectivity index (χ0v) is 18.0. The Labute approximate surface area is 182 Å². The van der Waals surface area contributed by atoms with Crippen molar-refractivity contribution in [3.05, 3.63) is 57.0 Å². The van der Waals surface area contributed by atoms with Crippen LogP contribution in [-0.2, 0) is 9.59 Å². The van der Waals surface area contributed by atoms with Gasteiger partial charge >= 0.3 is 0 Å². The molecule has 2 amide bonds. The van der Waals surface area contributed by atoms with E-state index in [-0.39, 0.29) is 31.3 Å². The largest absolute Gasteiger partial charge is 0.480 e. The third kappa shape index (κ3) is 7.60. The van der Waals surface area contributed by atoms with Gasteiger partial charge in [-0.2, -0.15) is 5.10 Å². The van der Waals surface area contributed by atoms with Crippen molar-refractivity contribution < 1.29 is 14.3 Å². The molecule has 0 radical (unpaired) electrons. The first-order chi connectivity index (χ1) is 13.9. The van der Waals surface area contributed by atoms with Gasteiger partial charge in [-0.15, -0.1) is 6.42 Å². The molecule has 0 saturated carbocycles. The van der Waals surface area contributed by atoms with E-state index in [1.54, 1.807) is 24.3 Å². The third-order valence-corrected chi connectivity index (χ3v) is 4.61. The summed E-state index contributed by atoms with van der Waals surface area (Å²) in [5, 5.41) is 7.17. The van der Waals surface area contributed by atoms with Crippen LogP contribution in [-0.4, -0.2) is 24.6 Å². The minimum absolute atomic E-state index is 0.0122. The van der Waals surface area contributed by atoms with Gasteiger partial charge in [0, 0.05) is 33.6 Å². The number of nitrogens with zero attached hydrogens (tertiary/aromatic N) is 1. The number of rotatable bonds is 8. The van der Waals surface area contributed by atoms with E-state index in [1.165, 1.54) is 6.21 Å². The maximum absolute atomic E-state index is 12.0. The maximum atomic E-state index is 12.0. The first-order valence-electron chi connectivity index (χ1n) is 8.62. The Balaban J connectivity index is 1.83. The van der Waals surface area contributed by atoms with Crippen LogP contribution in [0.4, 0.5) is 5.69 Å². The summed E-state index contributed by atoms with van der Waals surface area (Å²) >= 11 is 9.39. The van der Waals surface area contributed by atoms with Crippen LogP contribution in [0.25, 0.3) is 0 Å². The smallest absolute Gasteiger partial charge is 0.240 e. The lowest BCUT2D eigenvalue weighted by molar-refractivity contribution is -0.124. The van der Waals surface area contributed by atoms with Gasteiger partial charge in [-0.3, -0.25) is 9.59 Å². The van der Waals surface area contributed by atoms with Crippen LogP contribution in [0.1, 0.15) is 24.0 Å². The topological polar surface area (TPSA) is 79.8 Å². The molecule has 0 unspecified atom stereocenters. The second-order valence-corrected chi connectivity index (χ2v) is 7.30. The van der Waals surface area contributed by atoms with Gasteiger partial charge in [-0.25, -0.2) is 5.43 Å². The molecule has 0 saturated heterocycles. The van der Waals surface area contributed by atoms with Gasteiger partial charge in [0.1, 0.15) is 12.4 Å². The van der Waals surface area contributed by atoms with Crippen molar-refractivity contribution in [3.8, 4) is 18.1 Å². The normalized spacial score (nSPS) is 10.4. The highest BCUT2D eigenvalue weighted by Crippen LogP contribution is 2.22. The number of benzene rings is 2. The molecule has 29 heavy (non-hydrogen) atoms. The number of ether oxygens (including phenoxy) is 1. The maximum Gasteiger partial charge on any atom is 0.240 e. The predicted molar refractivity (Wildman–Crippen MR) is 118 cm³/mol. The summed E-state index contributed by atoms with van der Waals surface area (Å²) in [5.41, 5.74) is 4.53. The Kier molecular flexibility index (Phi) is 8.71. The number of hydrogen-bond acceptors (Lipinski definition) is 4. The van der Waals surface area contributed by atoms with Gasteiger partial charge in [0.25, 0.3) is 0 Å². The number of halogens is 2. The van der Waals surface area contributed by atoms with Gasteiger partial charge in [0.15, 0.2) is 0 Å². The van der Waals surface area contributed by atoms with Crippen molar-refractivity contribution >= 4 is 51.2 Å². The highest BCUT2D eigenvalue weighted by Gasteiger charge is 2.08. The fraction of sp³-hybridized carbons (Fsp3) is 0.190. The second kappa shape index (κ2) is 11.2. The monoisotopic (exact) mass is 475 g/mol. The van der Waals surface area contributed by atoms with Crippen LogP contribution in [0.5, 0.6) is 5.75 Å². The minimum atomic E-state index is -0.389. The summed E-state index contributed by atoms with van der Waals surface area (Å²) in [7, 11) is 0. The molecule has 0 aliphatic rings. The van der Waals surface area contributed by atoms with Crippen LogP contribution >= 0.6 is 27.5 Å². The number of nitrogens with one attached hydrogen (secondary N) is 2. The fourth-order valence-corrected chi connectivity index (χ4v) is 2.78. The third-order valence-electron chi connectivity index (χ3n) is 3.71. The van der Waals surface area contributed by atoms with Crippen molar-refractivity contribution in [3.63, 3.8) is 0 Å². The number of anilines is 1. The zero-order valence-electron chi connectivity index (χ0n) is 15.7. The molecule has 6 nitrogen and oxygen atoms in total. The Bertz CT molecular complexity index is 970. The molecule has 0 aromatic heterocycles. The fourth-order valence-electron chi connectivity index (χ4n) is 2.22. The van der Waals surface area contributed by atoms with Gasteiger partial charge in [0.2, 0.25) is 11.8 Å². The van der Waals surface area contributed by atoms with Gasteiger partial charge in [0.05, 0.1) is 6.21 Å². The number of amides is 2. The Hall–Kier alpha value is -2.82. The molecule has 0 aliphatic heterocycles. The second-order valence-electron chi connectivity index (χ2n) is 5.98. The summed E-state index contributed by atoms with van der Waals surface area (Å²) in [6.07, 6.45) is 6.65. The van der Waals surface area contributed by atoms with Gasteiger partial charge in [-0.05, 0) is 42.8 Å². The van der Waals surface area contributed by atoms with E-state index < -0.39 is 0 Å². The minimum Gasteiger partial charge on any atom is -0.480 e. The Morgan fingerprint density at radius 3 is 2.72 bits per heavy atom. The number of aryl methyl sites for hydroxylation is 1. The van der Waals surface area contributed by atoms with Crippen LogP contribution in [0.2, 0.25) is 5.02 Å². The van der Waals surface area contributed by atoms with E-state index in [1.807, 2.05) is 19.1 Å². The molecular formula is C21H19BrClN3O3. The molecule has 0 spiro atoms. The van der Waals surface area contributed by atoms with Crippen molar-refractivity contribution in [2.75, 3.05) is 11.9 Å². The SMILES string of the molecule is C#CCOc1ccc(Br)cc1C=NNC(=O)CCC(=O)Nc1ccc(C)c(Cl)c1. The van der Waals surface area contributed by atoms with Crippen LogP contribution in [0, 0.1) is 19.3 Å². The summed E-state index contributed by atoms with van der Waals surface area (Å²) in [5.74, 6) is 2.25. The average molecular weight is 477 g/mol. The van der Waals surface area contributed by atoms with Crippen molar-refractivity contribution in [1.82, 2.24) is 5.43 Å². The molecule has 0 aliphatic carbocycles. The van der Waals surface area contributed by atoms with Crippen molar-refractivity contribution in [2.45, 2.75) is 19.8 Å². The molecule has 0 heterocycles. The van der Waals surface area contributed by atoms with Crippen LogP contribution < -0.4 is 15.5 Å². The standard InChI is InChI=1S/C21H19BrClN3O3/c1-3-10-29-19-7-5-16(22)11-15(19)13-24-26-21(28)9-8-20(27)25-17-6-4-14(2)18(23)12-17/h1,4-7,11-13H,8-10H2,2H3,(H,25,27)(H,26,28). The number of terminal acetylenes is 1. The number of hydrazone groups is 1. The van der Waals surface area contributed by atoms with E-state index in [0.29, 0.717) is 22.0 Å². The van der Waals surface area contributed by atoms with E-state index in [2.05, 4.69) is 37.7 Å². The average Bonchev–Trinajstić information content (AvgIpc) is 2.68. The molecule has 0 atom stereocenters. The molecule has 2 N–H and O–H groups in total. The quantitative estimate of drug-likeness (QED) is 0.339. The predicted octanol–water partition coefficient (Wildman–Crippen LogP) is 4.29. The summed E-state index contributed by atoms with van der Waals surface area (Å²) < 4.78 is 6.25. The number of hydrogen-bond donors (Lipinski definition) is 2. The summed E-state index contributed by atoms with van der Waals surface area (Å²) in [6, 6.07) is 10.6. The molecule has 0 bridgehead atoms. The molecule has 2 rings (SSSR count). The zero-order chi connectivity index (χ0) is 21.2. The Morgan fingerprint density at radius 1 is 1.24 bits per heavy atom. The number of carbonyl (C=O) groups is 2. The first-order valence-corrected chi connectivity index (χ1v) is 9.80. The highest BCUT2D eigenvalue weighted by atomic mass is 79.9. The van der Waals surface area contributed by atoms with Crippen LogP contribution in [0.3, 0.4) is 0 Å². The first kappa shape index (κ1) is 22.5. The van der Waals surface area contributed by atoms with Gasteiger partial charge < -0.3 is 10.1 Å².